The zero-order chi connectivity index (χ0) is 15.9. The van der Waals surface area contributed by atoms with Crippen molar-refractivity contribution in [3.05, 3.63) is 46.5 Å². The number of carbonyl (C=O) groups is 1. The molecule has 6 nitrogen and oxygen atoms in total. The Balaban J connectivity index is 2.17. The van der Waals surface area contributed by atoms with E-state index < -0.39 is 0 Å². The van der Waals surface area contributed by atoms with Gasteiger partial charge in [0.1, 0.15) is 5.65 Å². The molecule has 0 atom stereocenters. The van der Waals surface area contributed by atoms with Crippen LogP contribution in [-0.4, -0.2) is 33.3 Å². The van der Waals surface area contributed by atoms with Crippen LogP contribution in [0.3, 0.4) is 0 Å². The minimum Gasteiger partial charge on any atom is -0.369 e. The van der Waals surface area contributed by atoms with Crippen LogP contribution in [-0.2, 0) is 11.3 Å². The maximum Gasteiger partial charge on any atom is 0.258 e. The molecule has 6 heteroatoms. The number of aromatic nitrogens is 2. The van der Waals surface area contributed by atoms with E-state index in [-0.39, 0.29) is 18.0 Å². The van der Waals surface area contributed by atoms with Crippen molar-refractivity contribution >= 4 is 11.6 Å². The Morgan fingerprint density at radius 2 is 2.18 bits per heavy atom. The third kappa shape index (κ3) is 4.39. The minimum absolute atomic E-state index is 0.117. The van der Waals surface area contributed by atoms with Gasteiger partial charge in [0.05, 0.1) is 12.2 Å². The molecule has 2 heterocycles. The van der Waals surface area contributed by atoms with Gasteiger partial charge < -0.3 is 5.73 Å². The lowest BCUT2D eigenvalue weighted by Gasteiger charge is -2.20. The first-order chi connectivity index (χ1) is 10.6. The van der Waals surface area contributed by atoms with Crippen molar-refractivity contribution in [1.82, 2.24) is 14.3 Å². The summed E-state index contributed by atoms with van der Waals surface area (Å²) in [5.41, 5.74) is 6.46. The first-order valence-electron chi connectivity index (χ1n) is 7.58. The molecule has 2 rings (SSSR count). The van der Waals surface area contributed by atoms with Crippen LogP contribution < -0.4 is 11.3 Å². The Morgan fingerprint density at radius 1 is 1.36 bits per heavy atom. The molecule has 0 fully saturated rings. The molecule has 0 unspecified atom stereocenters. The number of rotatable bonds is 8. The monoisotopic (exact) mass is 302 g/mol. The number of hydrogen-bond acceptors (Lipinski definition) is 4. The smallest absolute Gasteiger partial charge is 0.258 e. The maximum absolute atomic E-state index is 12.1. The molecule has 0 saturated carbocycles. The number of pyridine rings is 1. The van der Waals surface area contributed by atoms with Gasteiger partial charge in [-0.15, -0.1) is 0 Å². The Labute approximate surface area is 129 Å². The van der Waals surface area contributed by atoms with E-state index in [1.54, 1.807) is 18.3 Å². The SMILES string of the molecule is CCCCCN(CC(N)=O)Cc1cc(=O)n2ccccc2n1. The summed E-state index contributed by atoms with van der Waals surface area (Å²) in [7, 11) is 0. The van der Waals surface area contributed by atoms with Gasteiger partial charge in [-0.1, -0.05) is 25.8 Å². The highest BCUT2D eigenvalue weighted by Crippen LogP contribution is 2.05. The molecular weight excluding hydrogens is 280 g/mol. The molecule has 2 aromatic heterocycles. The van der Waals surface area contributed by atoms with Crippen molar-refractivity contribution in [3.8, 4) is 0 Å². The van der Waals surface area contributed by atoms with Gasteiger partial charge in [-0.2, -0.15) is 0 Å². The molecule has 0 aliphatic carbocycles. The molecular formula is C16H22N4O2. The number of unbranched alkanes of at least 4 members (excludes halogenated alkanes) is 2. The van der Waals surface area contributed by atoms with Crippen molar-refractivity contribution in [2.24, 2.45) is 5.73 Å². The van der Waals surface area contributed by atoms with Crippen LogP contribution in [0.1, 0.15) is 31.9 Å². The molecule has 0 radical (unpaired) electrons. The lowest BCUT2D eigenvalue weighted by atomic mass is 10.2. The zero-order valence-corrected chi connectivity index (χ0v) is 12.9. The van der Waals surface area contributed by atoms with Gasteiger partial charge in [-0.25, -0.2) is 4.98 Å². The Hall–Kier alpha value is -2.21. The average Bonchev–Trinajstić information content (AvgIpc) is 2.47. The lowest BCUT2D eigenvalue weighted by molar-refractivity contribution is -0.119. The molecule has 1 amide bonds. The lowest BCUT2D eigenvalue weighted by Crippen LogP contribution is -2.34. The highest BCUT2D eigenvalue weighted by atomic mass is 16.1. The van der Waals surface area contributed by atoms with Crippen molar-refractivity contribution in [3.63, 3.8) is 0 Å². The Kier molecular flexibility index (Phi) is 5.66. The maximum atomic E-state index is 12.1. The molecule has 2 aromatic rings. The van der Waals surface area contributed by atoms with Crippen LogP contribution in [0.25, 0.3) is 5.65 Å². The second-order valence-electron chi connectivity index (χ2n) is 5.40. The first-order valence-corrected chi connectivity index (χ1v) is 7.58. The van der Waals surface area contributed by atoms with Crippen LogP contribution in [0.4, 0.5) is 0 Å². The van der Waals surface area contributed by atoms with Crippen molar-refractivity contribution in [1.29, 1.82) is 0 Å². The number of primary amides is 1. The third-order valence-electron chi connectivity index (χ3n) is 3.47. The predicted octanol–water partition coefficient (Wildman–Crippen LogP) is 1.17. The van der Waals surface area contributed by atoms with E-state index >= 15 is 0 Å². The van der Waals surface area contributed by atoms with E-state index in [9.17, 15) is 9.59 Å². The van der Waals surface area contributed by atoms with Gasteiger partial charge in [0, 0.05) is 18.8 Å². The van der Waals surface area contributed by atoms with Gasteiger partial charge in [0.25, 0.3) is 5.56 Å². The van der Waals surface area contributed by atoms with Crippen LogP contribution in [0.5, 0.6) is 0 Å². The molecule has 0 bridgehead atoms. The van der Waals surface area contributed by atoms with Crippen LogP contribution in [0.15, 0.2) is 35.3 Å². The van der Waals surface area contributed by atoms with Gasteiger partial charge >= 0.3 is 0 Å². The van der Waals surface area contributed by atoms with E-state index in [0.29, 0.717) is 17.9 Å². The van der Waals surface area contributed by atoms with Gasteiger partial charge in [-0.05, 0) is 25.1 Å². The number of hydrogen-bond donors (Lipinski definition) is 1. The van der Waals surface area contributed by atoms with Crippen molar-refractivity contribution in [2.45, 2.75) is 32.7 Å². The van der Waals surface area contributed by atoms with Gasteiger partial charge in [0.2, 0.25) is 5.91 Å². The van der Waals surface area contributed by atoms with E-state index in [2.05, 4.69) is 11.9 Å². The summed E-state index contributed by atoms with van der Waals surface area (Å²) >= 11 is 0. The van der Waals surface area contributed by atoms with Crippen LogP contribution in [0.2, 0.25) is 0 Å². The number of fused-ring (bicyclic) bond motifs is 1. The van der Waals surface area contributed by atoms with Crippen molar-refractivity contribution < 1.29 is 4.79 Å². The summed E-state index contributed by atoms with van der Waals surface area (Å²) < 4.78 is 1.50. The fourth-order valence-corrected chi connectivity index (χ4v) is 2.43. The number of nitrogens with zero attached hydrogens (tertiary/aromatic N) is 3. The molecule has 2 N–H and O–H groups in total. The standard InChI is InChI=1S/C16H22N4O2/c1-2-3-5-8-19(12-14(17)21)11-13-10-16(22)20-9-6-4-7-15(20)18-13/h4,6-7,9-10H,2-3,5,8,11-12H2,1H3,(H2,17,21). The highest BCUT2D eigenvalue weighted by Gasteiger charge is 2.11. The average molecular weight is 302 g/mol. The number of amides is 1. The topological polar surface area (TPSA) is 80.7 Å². The summed E-state index contributed by atoms with van der Waals surface area (Å²) in [5.74, 6) is -0.367. The summed E-state index contributed by atoms with van der Waals surface area (Å²) in [6, 6.07) is 6.94. The second kappa shape index (κ2) is 7.70. The van der Waals surface area contributed by atoms with Crippen molar-refractivity contribution in [2.75, 3.05) is 13.1 Å². The van der Waals surface area contributed by atoms with Gasteiger partial charge in [-0.3, -0.25) is 18.9 Å². The van der Waals surface area contributed by atoms with E-state index in [4.69, 9.17) is 5.73 Å². The van der Waals surface area contributed by atoms with E-state index in [1.165, 1.54) is 10.5 Å². The number of carbonyl (C=O) groups excluding carboxylic acids is 1. The molecule has 118 valence electrons. The summed E-state index contributed by atoms with van der Waals surface area (Å²) in [6.45, 7) is 3.53. The first kappa shape index (κ1) is 16.2. The summed E-state index contributed by atoms with van der Waals surface area (Å²) in [6.07, 6.45) is 4.90. The molecule has 0 aliphatic heterocycles. The van der Waals surface area contributed by atoms with Gasteiger partial charge in [0.15, 0.2) is 0 Å². The molecule has 0 aromatic carbocycles. The quantitative estimate of drug-likeness (QED) is 0.742. The largest absolute Gasteiger partial charge is 0.369 e. The molecule has 0 spiro atoms. The molecule has 0 saturated heterocycles. The third-order valence-corrected chi connectivity index (χ3v) is 3.47. The fraction of sp³-hybridized carbons (Fsp3) is 0.438. The second-order valence-corrected chi connectivity index (χ2v) is 5.40. The fourth-order valence-electron chi connectivity index (χ4n) is 2.43. The predicted molar refractivity (Wildman–Crippen MR) is 85.5 cm³/mol. The Morgan fingerprint density at radius 3 is 2.91 bits per heavy atom. The molecule has 22 heavy (non-hydrogen) atoms. The van der Waals surface area contributed by atoms with E-state index in [1.807, 2.05) is 11.0 Å². The van der Waals surface area contributed by atoms with E-state index in [0.717, 1.165) is 25.8 Å². The molecule has 0 aliphatic rings. The van der Waals surface area contributed by atoms with Crippen LogP contribution >= 0.6 is 0 Å². The normalized spacial score (nSPS) is 11.2. The summed E-state index contributed by atoms with van der Waals surface area (Å²) in [5, 5.41) is 0. The zero-order valence-electron chi connectivity index (χ0n) is 12.9. The minimum atomic E-state index is -0.367. The Bertz CT molecular complexity index is 696. The number of nitrogens with two attached hydrogens (primary N) is 1. The van der Waals surface area contributed by atoms with Crippen LogP contribution in [0, 0.1) is 0 Å². The summed E-state index contributed by atoms with van der Waals surface area (Å²) in [4.78, 5) is 29.7. The highest BCUT2D eigenvalue weighted by molar-refractivity contribution is 5.75.